The van der Waals surface area contributed by atoms with Gasteiger partial charge in [-0.1, -0.05) is 43.7 Å². The lowest BCUT2D eigenvalue weighted by atomic mass is 9.78. The molecule has 3 atom stereocenters. The van der Waals surface area contributed by atoms with Crippen molar-refractivity contribution >= 4 is 17.7 Å². The zero-order chi connectivity index (χ0) is 15.6. The molecule has 2 fully saturated rings. The van der Waals surface area contributed by atoms with E-state index in [-0.39, 0.29) is 5.91 Å². The zero-order valence-electron chi connectivity index (χ0n) is 13.2. The number of nitrogens with zero attached hydrogens (tertiary/aromatic N) is 1. The molecule has 2 aliphatic rings. The lowest BCUT2D eigenvalue weighted by Crippen LogP contribution is -2.53. The third-order valence-corrected chi connectivity index (χ3v) is 6.35. The number of amides is 1. The van der Waals surface area contributed by atoms with Gasteiger partial charge in [-0.25, -0.2) is 0 Å². The summed E-state index contributed by atoms with van der Waals surface area (Å²) in [6.07, 6.45) is 2.67. The monoisotopic (exact) mass is 319 g/mol. The molecule has 2 heterocycles. The summed E-state index contributed by atoms with van der Waals surface area (Å²) >= 11 is 1.68. The van der Waals surface area contributed by atoms with Gasteiger partial charge in [0.05, 0.1) is 0 Å². The van der Waals surface area contributed by atoms with E-state index in [2.05, 4.69) is 37.3 Å². The summed E-state index contributed by atoms with van der Waals surface area (Å²) in [6, 6.07) is 10.6. The molecule has 1 aromatic carbocycles. The average Bonchev–Trinajstić information content (AvgIpc) is 3.02. The van der Waals surface area contributed by atoms with Crippen LogP contribution in [0.15, 0.2) is 30.3 Å². The van der Waals surface area contributed by atoms with Crippen LogP contribution in [0.1, 0.15) is 37.7 Å². The Kier molecular flexibility index (Phi) is 4.79. The Balaban J connectivity index is 1.71. The van der Waals surface area contributed by atoms with Crippen LogP contribution in [0.2, 0.25) is 0 Å². The van der Waals surface area contributed by atoms with Crippen molar-refractivity contribution in [3.63, 3.8) is 0 Å². The smallest absolute Gasteiger partial charge is 0.255 e. The van der Waals surface area contributed by atoms with E-state index in [9.17, 15) is 9.90 Å². The quantitative estimate of drug-likeness (QED) is 0.931. The molecule has 2 aliphatic heterocycles. The van der Waals surface area contributed by atoms with Gasteiger partial charge in [-0.05, 0) is 36.0 Å². The van der Waals surface area contributed by atoms with Crippen molar-refractivity contribution in [3.8, 4) is 0 Å². The van der Waals surface area contributed by atoms with Gasteiger partial charge in [0.1, 0.15) is 0 Å². The van der Waals surface area contributed by atoms with Gasteiger partial charge in [-0.15, -0.1) is 0 Å². The second-order valence-electron chi connectivity index (χ2n) is 6.56. The summed E-state index contributed by atoms with van der Waals surface area (Å²) in [5.74, 6) is 2.42. The Labute approximate surface area is 137 Å². The third-order valence-electron chi connectivity index (χ3n) is 5.17. The van der Waals surface area contributed by atoms with Crippen LogP contribution in [0, 0.1) is 5.92 Å². The van der Waals surface area contributed by atoms with Crippen LogP contribution in [0.25, 0.3) is 0 Å². The Morgan fingerprint density at radius 3 is 2.82 bits per heavy atom. The summed E-state index contributed by atoms with van der Waals surface area (Å²) in [7, 11) is 0. The van der Waals surface area contributed by atoms with Gasteiger partial charge < -0.3 is 10.0 Å². The molecule has 4 heteroatoms. The number of likely N-dealkylation sites (tertiary alicyclic amines) is 1. The molecule has 0 bridgehead atoms. The van der Waals surface area contributed by atoms with E-state index in [0.717, 1.165) is 31.7 Å². The molecule has 0 spiro atoms. The van der Waals surface area contributed by atoms with Crippen molar-refractivity contribution in [2.75, 3.05) is 24.6 Å². The van der Waals surface area contributed by atoms with Crippen molar-refractivity contribution in [1.82, 2.24) is 4.90 Å². The molecule has 0 radical (unpaired) electrons. The minimum atomic E-state index is -1.11. The molecule has 0 aliphatic carbocycles. The van der Waals surface area contributed by atoms with Gasteiger partial charge in [-0.3, -0.25) is 4.79 Å². The SMILES string of the molecule is CCC1CN(C(=O)C2(O)CCSC2)CCC1c1ccccc1. The maximum absolute atomic E-state index is 12.7. The van der Waals surface area contributed by atoms with E-state index in [1.165, 1.54) is 5.56 Å². The summed E-state index contributed by atoms with van der Waals surface area (Å²) in [5, 5.41) is 10.5. The Morgan fingerprint density at radius 2 is 2.18 bits per heavy atom. The summed E-state index contributed by atoms with van der Waals surface area (Å²) < 4.78 is 0. The molecule has 0 saturated carbocycles. The fourth-order valence-corrected chi connectivity index (χ4v) is 5.02. The van der Waals surface area contributed by atoms with E-state index in [1.54, 1.807) is 11.8 Å². The summed E-state index contributed by atoms with van der Waals surface area (Å²) in [4.78, 5) is 14.6. The Bertz CT molecular complexity index is 513. The molecule has 1 amide bonds. The van der Waals surface area contributed by atoms with E-state index >= 15 is 0 Å². The first-order valence-electron chi connectivity index (χ1n) is 8.28. The molecule has 1 N–H and O–H groups in total. The van der Waals surface area contributed by atoms with Gasteiger partial charge in [0.25, 0.3) is 5.91 Å². The Morgan fingerprint density at radius 1 is 1.41 bits per heavy atom. The van der Waals surface area contributed by atoms with Crippen molar-refractivity contribution in [1.29, 1.82) is 0 Å². The molecule has 22 heavy (non-hydrogen) atoms. The Hall–Kier alpha value is -1.00. The van der Waals surface area contributed by atoms with E-state index < -0.39 is 5.60 Å². The van der Waals surface area contributed by atoms with Crippen LogP contribution in [0.3, 0.4) is 0 Å². The van der Waals surface area contributed by atoms with E-state index in [0.29, 0.717) is 24.0 Å². The van der Waals surface area contributed by atoms with E-state index in [1.807, 2.05) is 4.90 Å². The maximum Gasteiger partial charge on any atom is 0.255 e. The number of carbonyl (C=O) groups excluding carboxylic acids is 1. The first-order chi connectivity index (χ1) is 10.6. The number of aliphatic hydroxyl groups is 1. The van der Waals surface area contributed by atoms with Crippen molar-refractivity contribution in [2.45, 2.75) is 37.7 Å². The highest BCUT2D eigenvalue weighted by Gasteiger charge is 2.44. The standard InChI is InChI=1S/C18H25NO2S/c1-2-14-12-19(17(20)18(21)9-11-22-13-18)10-8-16(14)15-6-4-3-5-7-15/h3-7,14,16,21H,2,8-13H2,1H3. The van der Waals surface area contributed by atoms with Crippen LogP contribution >= 0.6 is 11.8 Å². The first-order valence-corrected chi connectivity index (χ1v) is 9.44. The molecular weight excluding hydrogens is 294 g/mol. The minimum Gasteiger partial charge on any atom is -0.379 e. The van der Waals surface area contributed by atoms with E-state index in [4.69, 9.17) is 0 Å². The number of carbonyl (C=O) groups is 1. The number of hydrogen-bond acceptors (Lipinski definition) is 3. The van der Waals surface area contributed by atoms with Gasteiger partial charge in [0.2, 0.25) is 0 Å². The fourth-order valence-electron chi connectivity index (χ4n) is 3.79. The molecule has 3 nitrogen and oxygen atoms in total. The molecule has 3 unspecified atom stereocenters. The number of piperidine rings is 1. The molecular formula is C18H25NO2S. The van der Waals surface area contributed by atoms with Crippen LogP contribution in [-0.2, 0) is 4.79 Å². The number of rotatable bonds is 3. The highest BCUT2D eigenvalue weighted by molar-refractivity contribution is 7.99. The molecule has 3 rings (SSSR count). The van der Waals surface area contributed by atoms with Crippen LogP contribution in [0.4, 0.5) is 0 Å². The maximum atomic E-state index is 12.7. The predicted octanol–water partition coefficient (Wildman–Crippen LogP) is 2.90. The summed E-state index contributed by atoms with van der Waals surface area (Å²) in [6.45, 7) is 3.75. The second-order valence-corrected chi connectivity index (χ2v) is 7.66. The summed E-state index contributed by atoms with van der Waals surface area (Å²) in [5.41, 5.74) is 0.277. The molecule has 1 aromatic rings. The predicted molar refractivity (Wildman–Crippen MR) is 91.1 cm³/mol. The van der Waals surface area contributed by atoms with Crippen LogP contribution in [-0.4, -0.2) is 46.1 Å². The number of hydrogen-bond donors (Lipinski definition) is 1. The second kappa shape index (κ2) is 6.63. The van der Waals surface area contributed by atoms with Gasteiger partial charge >= 0.3 is 0 Å². The highest BCUT2D eigenvalue weighted by Crippen LogP contribution is 2.37. The van der Waals surface area contributed by atoms with Crippen LogP contribution < -0.4 is 0 Å². The third kappa shape index (κ3) is 3.04. The lowest BCUT2D eigenvalue weighted by Gasteiger charge is -2.41. The van der Waals surface area contributed by atoms with Crippen LogP contribution in [0.5, 0.6) is 0 Å². The highest BCUT2D eigenvalue weighted by atomic mass is 32.2. The molecule has 120 valence electrons. The van der Waals surface area contributed by atoms with Crippen molar-refractivity contribution < 1.29 is 9.90 Å². The first kappa shape index (κ1) is 15.9. The minimum absolute atomic E-state index is 0.0394. The number of benzene rings is 1. The molecule has 2 saturated heterocycles. The zero-order valence-corrected chi connectivity index (χ0v) is 14.0. The van der Waals surface area contributed by atoms with Gasteiger partial charge in [0.15, 0.2) is 5.60 Å². The molecule has 0 aromatic heterocycles. The lowest BCUT2D eigenvalue weighted by molar-refractivity contribution is -0.151. The van der Waals surface area contributed by atoms with Crippen molar-refractivity contribution in [3.05, 3.63) is 35.9 Å². The fraction of sp³-hybridized carbons (Fsp3) is 0.611. The van der Waals surface area contributed by atoms with Crippen molar-refractivity contribution in [2.24, 2.45) is 5.92 Å². The average molecular weight is 319 g/mol. The normalized spacial score (nSPS) is 32.2. The van der Waals surface area contributed by atoms with Gasteiger partial charge in [-0.2, -0.15) is 11.8 Å². The van der Waals surface area contributed by atoms with Gasteiger partial charge in [0, 0.05) is 18.8 Å². The number of thioether (sulfide) groups is 1. The topological polar surface area (TPSA) is 40.5 Å². The largest absolute Gasteiger partial charge is 0.379 e.